The number of hydrogen-bond acceptors (Lipinski definition) is 4. The van der Waals surface area contributed by atoms with Gasteiger partial charge in [-0.25, -0.2) is 4.79 Å². The van der Waals surface area contributed by atoms with E-state index in [9.17, 15) is 14.4 Å². The molecule has 3 N–H and O–H groups in total. The predicted molar refractivity (Wildman–Crippen MR) is 72.9 cm³/mol. The molecule has 1 aromatic heterocycles. The predicted octanol–water partition coefficient (Wildman–Crippen LogP) is 0.892. The van der Waals surface area contributed by atoms with Crippen molar-refractivity contribution in [1.29, 1.82) is 0 Å². The molecule has 1 heterocycles. The van der Waals surface area contributed by atoms with E-state index in [1.165, 1.54) is 6.20 Å². The molecule has 21 heavy (non-hydrogen) atoms. The van der Waals surface area contributed by atoms with Crippen LogP contribution in [-0.2, 0) is 9.59 Å². The molecule has 2 aromatic rings. The topological polar surface area (TPSA) is 117 Å². The number of rotatable bonds is 5. The van der Waals surface area contributed by atoms with Crippen LogP contribution in [0.25, 0.3) is 10.8 Å². The Labute approximate surface area is 119 Å². The molecule has 0 bridgehead atoms. The van der Waals surface area contributed by atoms with Crippen LogP contribution in [0.1, 0.15) is 16.9 Å². The quantitative estimate of drug-likeness (QED) is 0.752. The van der Waals surface area contributed by atoms with E-state index in [0.717, 1.165) is 5.39 Å². The minimum atomic E-state index is -1.50. The maximum absolute atomic E-state index is 12.1. The number of benzene rings is 1. The van der Waals surface area contributed by atoms with Crippen molar-refractivity contribution in [1.82, 2.24) is 10.3 Å². The van der Waals surface area contributed by atoms with Gasteiger partial charge >= 0.3 is 11.9 Å². The second kappa shape index (κ2) is 6.00. The van der Waals surface area contributed by atoms with Crippen LogP contribution in [0.15, 0.2) is 36.5 Å². The fourth-order valence-corrected chi connectivity index (χ4v) is 1.90. The Kier molecular flexibility index (Phi) is 4.13. The van der Waals surface area contributed by atoms with Gasteiger partial charge in [-0.3, -0.25) is 14.6 Å². The lowest BCUT2D eigenvalue weighted by Gasteiger charge is -2.12. The minimum Gasteiger partial charge on any atom is -0.481 e. The van der Waals surface area contributed by atoms with Crippen molar-refractivity contribution in [2.45, 2.75) is 12.5 Å². The number of carbonyl (C=O) groups excluding carboxylic acids is 1. The molecule has 1 amide bonds. The molecule has 0 unspecified atom stereocenters. The van der Waals surface area contributed by atoms with E-state index in [4.69, 9.17) is 10.2 Å². The zero-order valence-electron chi connectivity index (χ0n) is 10.8. The third-order valence-corrected chi connectivity index (χ3v) is 2.87. The number of carboxylic acids is 2. The summed E-state index contributed by atoms with van der Waals surface area (Å²) in [5.41, 5.74) is 0.0599. The fraction of sp³-hybridized carbons (Fsp3) is 0.143. The van der Waals surface area contributed by atoms with Crippen LogP contribution >= 0.6 is 0 Å². The normalized spacial score (nSPS) is 11.8. The van der Waals surface area contributed by atoms with Gasteiger partial charge in [0.05, 0.1) is 6.42 Å². The van der Waals surface area contributed by atoms with Crippen LogP contribution in [0.3, 0.4) is 0 Å². The zero-order chi connectivity index (χ0) is 15.4. The molecule has 0 radical (unpaired) electrons. The van der Waals surface area contributed by atoms with Gasteiger partial charge in [-0.2, -0.15) is 0 Å². The van der Waals surface area contributed by atoms with Crippen LogP contribution in [0.2, 0.25) is 0 Å². The first-order chi connectivity index (χ1) is 9.99. The van der Waals surface area contributed by atoms with Crippen LogP contribution in [0.4, 0.5) is 0 Å². The molecule has 0 aliphatic heterocycles. The van der Waals surface area contributed by atoms with E-state index >= 15 is 0 Å². The molecule has 0 saturated heterocycles. The Morgan fingerprint density at radius 1 is 1.14 bits per heavy atom. The summed E-state index contributed by atoms with van der Waals surface area (Å²) in [6.45, 7) is 0. The summed E-state index contributed by atoms with van der Waals surface area (Å²) in [6.07, 6.45) is 0.732. The highest BCUT2D eigenvalue weighted by atomic mass is 16.4. The van der Waals surface area contributed by atoms with Gasteiger partial charge in [0.2, 0.25) is 0 Å². The van der Waals surface area contributed by atoms with Crippen molar-refractivity contribution >= 4 is 28.6 Å². The highest BCUT2D eigenvalue weighted by Crippen LogP contribution is 2.16. The summed E-state index contributed by atoms with van der Waals surface area (Å²) >= 11 is 0. The average molecular weight is 288 g/mol. The van der Waals surface area contributed by atoms with Gasteiger partial charge in [0, 0.05) is 11.6 Å². The number of fused-ring (bicyclic) bond motifs is 1. The van der Waals surface area contributed by atoms with Crippen LogP contribution < -0.4 is 5.32 Å². The number of aliphatic carboxylic acids is 2. The summed E-state index contributed by atoms with van der Waals surface area (Å²) in [4.78, 5) is 37.7. The molecule has 2 rings (SSSR count). The third kappa shape index (κ3) is 3.33. The first kappa shape index (κ1) is 14.4. The van der Waals surface area contributed by atoms with Gasteiger partial charge in [-0.1, -0.05) is 24.3 Å². The van der Waals surface area contributed by atoms with Crippen molar-refractivity contribution < 1.29 is 24.6 Å². The summed E-state index contributed by atoms with van der Waals surface area (Å²) in [7, 11) is 0. The highest BCUT2D eigenvalue weighted by molar-refractivity contribution is 6.06. The van der Waals surface area contributed by atoms with Gasteiger partial charge in [-0.15, -0.1) is 0 Å². The minimum absolute atomic E-state index is 0.0599. The van der Waals surface area contributed by atoms with Crippen molar-refractivity contribution in [2.75, 3.05) is 0 Å². The number of nitrogens with zero attached hydrogens (tertiary/aromatic N) is 1. The average Bonchev–Trinajstić information content (AvgIpc) is 2.45. The van der Waals surface area contributed by atoms with Gasteiger partial charge in [-0.05, 0) is 11.5 Å². The summed E-state index contributed by atoms with van der Waals surface area (Å²) in [5.74, 6) is -3.44. The molecule has 0 aliphatic carbocycles. The molecule has 0 saturated carbocycles. The maximum atomic E-state index is 12.1. The van der Waals surface area contributed by atoms with E-state index < -0.39 is 30.3 Å². The number of hydrogen-bond donors (Lipinski definition) is 3. The Bertz CT molecular complexity index is 708. The zero-order valence-corrected chi connectivity index (χ0v) is 10.8. The monoisotopic (exact) mass is 288 g/mol. The SMILES string of the molecule is O=C(O)C[C@@H](NC(=O)c1nccc2ccccc12)C(=O)O. The number of pyridine rings is 1. The molecule has 108 valence electrons. The molecule has 1 aromatic carbocycles. The van der Waals surface area contributed by atoms with Crippen LogP contribution in [0, 0.1) is 0 Å². The van der Waals surface area contributed by atoms with Crippen molar-refractivity contribution in [3.8, 4) is 0 Å². The summed E-state index contributed by atoms with van der Waals surface area (Å²) < 4.78 is 0. The van der Waals surface area contributed by atoms with Crippen LogP contribution in [0.5, 0.6) is 0 Å². The first-order valence-electron chi connectivity index (χ1n) is 6.08. The molecule has 1 atom stereocenters. The lowest BCUT2D eigenvalue weighted by atomic mass is 10.1. The van der Waals surface area contributed by atoms with E-state index in [0.29, 0.717) is 5.39 Å². The molecule has 0 spiro atoms. The van der Waals surface area contributed by atoms with E-state index in [2.05, 4.69) is 10.3 Å². The largest absolute Gasteiger partial charge is 0.481 e. The van der Waals surface area contributed by atoms with Gasteiger partial charge in [0.1, 0.15) is 11.7 Å². The molecule has 7 nitrogen and oxygen atoms in total. The van der Waals surface area contributed by atoms with Gasteiger partial charge in [0.25, 0.3) is 5.91 Å². The fourth-order valence-electron chi connectivity index (χ4n) is 1.90. The summed E-state index contributed by atoms with van der Waals surface area (Å²) in [5, 5.41) is 21.1. The molecular formula is C14H12N2O5. The number of aromatic nitrogens is 1. The molecule has 0 fully saturated rings. The van der Waals surface area contributed by atoms with Crippen molar-refractivity contribution in [3.63, 3.8) is 0 Å². The number of carboxylic acid groups (broad SMARTS) is 2. The lowest BCUT2D eigenvalue weighted by Crippen LogP contribution is -2.42. The van der Waals surface area contributed by atoms with E-state index in [-0.39, 0.29) is 5.69 Å². The Morgan fingerprint density at radius 3 is 2.52 bits per heavy atom. The second-order valence-corrected chi connectivity index (χ2v) is 4.34. The molecular weight excluding hydrogens is 276 g/mol. The standard InChI is InChI=1S/C14H12N2O5/c17-11(18)7-10(14(20)21)16-13(19)12-9-4-2-1-3-8(9)5-6-15-12/h1-6,10H,7H2,(H,16,19)(H,17,18)(H,20,21)/t10-/m1/s1. The van der Waals surface area contributed by atoms with E-state index in [1.807, 2.05) is 0 Å². The molecule has 7 heteroatoms. The second-order valence-electron chi connectivity index (χ2n) is 4.34. The smallest absolute Gasteiger partial charge is 0.326 e. The van der Waals surface area contributed by atoms with Gasteiger partial charge < -0.3 is 15.5 Å². The number of carbonyl (C=O) groups is 3. The number of nitrogens with one attached hydrogen (secondary N) is 1. The van der Waals surface area contributed by atoms with Gasteiger partial charge in [0.15, 0.2) is 0 Å². The Hall–Kier alpha value is -2.96. The van der Waals surface area contributed by atoms with Crippen molar-refractivity contribution in [2.24, 2.45) is 0 Å². The van der Waals surface area contributed by atoms with E-state index in [1.54, 1.807) is 30.3 Å². The molecule has 0 aliphatic rings. The summed E-state index contributed by atoms with van der Waals surface area (Å²) in [6, 6.07) is 7.22. The lowest BCUT2D eigenvalue weighted by molar-refractivity contribution is -0.145. The van der Waals surface area contributed by atoms with Crippen molar-refractivity contribution in [3.05, 3.63) is 42.2 Å². The van der Waals surface area contributed by atoms with Crippen LogP contribution in [-0.4, -0.2) is 39.1 Å². The maximum Gasteiger partial charge on any atom is 0.326 e. The third-order valence-electron chi connectivity index (χ3n) is 2.87. The number of amides is 1. The Balaban J connectivity index is 2.29. The Morgan fingerprint density at radius 2 is 1.86 bits per heavy atom. The first-order valence-corrected chi connectivity index (χ1v) is 6.08. The highest BCUT2D eigenvalue weighted by Gasteiger charge is 2.24.